The number of hydrogen-bond donors (Lipinski definition) is 3. The highest BCUT2D eigenvalue weighted by Gasteiger charge is 2.07. The molecule has 1 aromatic rings. The van der Waals surface area contributed by atoms with E-state index in [1.165, 1.54) is 0 Å². The number of ether oxygens (including phenoxy) is 2. The first-order chi connectivity index (χ1) is 11.1. The van der Waals surface area contributed by atoms with Gasteiger partial charge in [-0.1, -0.05) is 23.7 Å². The van der Waals surface area contributed by atoms with Crippen LogP contribution < -0.4 is 10.1 Å². The minimum Gasteiger partial charge on any atom is -0.490 e. The molecule has 0 atom stereocenters. The molecule has 0 spiro atoms. The average molecular weight is 362 g/mol. The summed E-state index contributed by atoms with van der Waals surface area (Å²) in [5, 5.41) is 18.8. The minimum absolute atomic E-state index is 0.136. The number of halogens is 1. The molecule has 0 aromatic heterocycles. The predicted octanol–water partition coefficient (Wildman–Crippen LogP) is 2.28. The van der Waals surface area contributed by atoms with Crippen LogP contribution in [0.25, 0.3) is 0 Å². The molecule has 0 amide bonds. The average Bonchev–Trinajstić information content (AvgIpc) is 2.47. The number of rotatable bonds is 7. The third-order valence-corrected chi connectivity index (χ3v) is 2.72. The van der Waals surface area contributed by atoms with Gasteiger partial charge in [0.1, 0.15) is 12.4 Å². The van der Waals surface area contributed by atoms with Gasteiger partial charge in [0.05, 0.1) is 18.2 Å². The quantitative estimate of drug-likeness (QED) is 0.505. The molecule has 0 saturated heterocycles. The number of hydrogen-bond acceptors (Lipinski definition) is 5. The Hall–Kier alpha value is -1.83. The molecule has 0 saturated carbocycles. The number of carboxylic acids is 2. The monoisotopic (exact) mass is 361 g/mol. The number of carbonyl (C=O) groups is 2. The molecule has 0 aliphatic rings. The zero-order valence-corrected chi connectivity index (χ0v) is 14.8. The van der Waals surface area contributed by atoms with E-state index in [4.69, 9.17) is 40.9 Å². The number of benzene rings is 1. The number of aliphatic carboxylic acids is 2. The lowest BCUT2D eigenvalue weighted by molar-refractivity contribution is -0.159. The Morgan fingerprint density at radius 2 is 1.67 bits per heavy atom. The summed E-state index contributed by atoms with van der Waals surface area (Å²) < 4.78 is 11.0. The van der Waals surface area contributed by atoms with Gasteiger partial charge < -0.3 is 25.0 Å². The van der Waals surface area contributed by atoms with E-state index < -0.39 is 11.9 Å². The molecule has 3 N–H and O–H groups in total. The van der Waals surface area contributed by atoms with Crippen molar-refractivity contribution in [3.8, 4) is 5.75 Å². The van der Waals surface area contributed by atoms with Crippen LogP contribution in [0.15, 0.2) is 24.3 Å². The lowest BCUT2D eigenvalue weighted by Gasteiger charge is -2.20. The van der Waals surface area contributed by atoms with Gasteiger partial charge in [-0.15, -0.1) is 0 Å². The summed E-state index contributed by atoms with van der Waals surface area (Å²) in [5.74, 6) is -2.94. The van der Waals surface area contributed by atoms with Crippen molar-refractivity contribution in [1.29, 1.82) is 0 Å². The molecule has 0 radical (unpaired) electrons. The molecule has 0 heterocycles. The molecule has 0 unspecified atom stereocenters. The second-order valence-corrected chi connectivity index (χ2v) is 6.09. The standard InChI is InChI=1S/C14H22ClNO2.C2H2O4/c1-14(2,3)16-8-9-17-10-11-18-13-7-5-4-6-12(13)15;3-1(4)2(5)6/h4-7,16H,8-11H2,1-3H3;(H,3,4)(H,5,6). The summed E-state index contributed by atoms with van der Waals surface area (Å²) >= 11 is 5.96. The zero-order chi connectivity index (χ0) is 18.6. The summed E-state index contributed by atoms with van der Waals surface area (Å²) in [6.45, 7) is 9.00. The number of nitrogens with one attached hydrogen (secondary N) is 1. The van der Waals surface area contributed by atoms with Gasteiger partial charge in [-0.3, -0.25) is 0 Å². The van der Waals surface area contributed by atoms with Crippen molar-refractivity contribution in [3.63, 3.8) is 0 Å². The van der Waals surface area contributed by atoms with Crippen molar-refractivity contribution in [1.82, 2.24) is 5.32 Å². The molecule has 1 rings (SSSR count). The van der Waals surface area contributed by atoms with Gasteiger partial charge in [0.25, 0.3) is 0 Å². The van der Waals surface area contributed by atoms with E-state index in [0.717, 1.165) is 6.54 Å². The van der Waals surface area contributed by atoms with E-state index in [0.29, 0.717) is 30.6 Å². The second kappa shape index (κ2) is 11.7. The number of carboxylic acid groups (broad SMARTS) is 2. The summed E-state index contributed by atoms with van der Waals surface area (Å²) in [6, 6.07) is 7.44. The molecule has 7 nitrogen and oxygen atoms in total. The van der Waals surface area contributed by atoms with E-state index in [1.54, 1.807) is 0 Å². The fraction of sp³-hybridized carbons (Fsp3) is 0.500. The SMILES string of the molecule is CC(C)(C)NCCOCCOc1ccccc1Cl.O=C(O)C(=O)O. The van der Waals surface area contributed by atoms with Crippen molar-refractivity contribution in [2.75, 3.05) is 26.4 Å². The Bertz CT molecular complexity index is 504. The molecule has 0 aliphatic carbocycles. The summed E-state index contributed by atoms with van der Waals surface area (Å²) in [7, 11) is 0. The highest BCUT2D eigenvalue weighted by molar-refractivity contribution is 6.32. The van der Waals surface area contributed by atoms with Gasteiger partial charge >= 0.3 is 11.9 Å². The van der Waals surface area contributed by atoms with E-state index >= 15 is 0 Å². The van der Waals surface area contributed by atoms with Crippen LogP contribution in [0, 0.1) is 0 Å². The third-order valence-electron chi connectivity index (χ3n) is 2.41. The molecule has 1 aromatic carbocycles. The van der Waals surface area contributed by atoms with Gasteiger partial charge in [0.15, 0.2) is 0 Å². The Morgan fingerprint density at radius 1 is 1.08 bits per heavy atom. The lowest BCUT2D eigenvalue weighted by atomic mass is 10.1. The van der Waals surface area contributed by atoms with Crippen LogP contribution in [-0.4, -0.2) is 54.1 Å². The van der Waals surface area contributed by atoms with Crippen molar-refractivity contribution in [2.45, 2.75) is 26.3 Å². The maximum absolute atomic E-state index is 9.10. The molecular formula is C16H24ClNO6. The first-order valence-electron chi connectivity index (χ1n) is 7.30. The Morgan fingerprint density at radius 3 is 2.17 bits per heavy atom. The highest BCUT2D eigenvalue weighted by Crippen LogP contribution is 2.22. The summed E-state index contributed by atoms with van der Waals surface area (Å²) in [4.78, 5) is 18.2. The second-order valence-electron chi connectivity index (χ2n) is 5.68. The molecule has 8 heteroatoms. The van der Waals surface area contributed by atoms with E-state index in [1.807, 2.05) is 24.3 Å². The molecule has 0 fully saturated rings. The van der Waals surface area contributed by atoms with Gasteiger partial charge in [-0.2, -0.15) is 0 Å². The van der Waals surface area contributed by atoms with Crippen molar-refractivity contribution in [2.24, 2.45) is 0 Å². The van der Waals surface area contributed by atoms with E-state index in [-0.39, 0.29) is 5.54 Å². The predicted molar refractivity (Wildman–Crippen MR) is 90.8 cm³/mol. The smallest absolute Gasteiger partial charge is 0.414 e. The highest BCUT2D eigenvalue weighted by atomic mass is 35.5. The summed E-state index contributed by atoms with van der Waals surface area (Å²) in [6.07, 6.45) is 0. The molecule has 0 aliphatic heterocycles. The normalized spacial score (nSPS) is 10.5. The van der Waals surface area contributed by atoms with Crippen LogP contribution in [0.5, 0.6) is 5.75 Å². The fourth-order valence-corrected chi connectivity index (χ4v) is 1.56. The first kappa shape index (κ1) is 22.2. The van der Waals surface area contributed by atoms with Crippen LogP contribution >= 0.6 is 11.6 Å². The third kappa shape index (κ3) is 12.7. The number of para-hydroxylation sites is 1. The molecule has 24 heavy (non-hydrogen) atoms. The topological polar surface area (TPSA) is 105 Å². The van der Waals surface area contributed by atoms with Crippen molar-refractivity contribution in [3.05, 3.63) is 29.3 Å². The maximum Gasteiger partial charge on any atom is 0.414 e. The Balaban J connectivity index is 0.000000754. The lowest BCUT2D eigenvalue weighted by Crippen LogP contribution is -2.38. The van der Waals surface area contributed by atoms with Crippen LogP contribution in [0.3, 0.4) is 0 Å². The van der Waals surface area contributed by atoms with E-state index in [2.05, 4.69) is 26.1 Å². The largest absolute Gasteiger partial charge is 0.490 e. The zero-order valence-electron chi connectivity index (χ0n) is 14.0. The minimum atomic E-state index is -1.82. The fourth-order valence-electron chi connectivity index (χ4n) is 1.37. The molecule has 136 valence electrons. The van der Waals surface area contributed by atoms with E-state index in [9.17, 15) is 0 Å². The van der Waals surface area contributed by atoms with Crippen LogP contribution in [0.1, 0.15) is 20.8 Å². The molecule has 0 bridgehead atoms. The van der Waals surface area contributed by atoms with Crippen LogP contribution in [0.2, 0.25) is 5.02 Å². The van der Waals surface area contributed by atoms with Crippen molar-refractivity contribution >= 4 is 23.5 Å². The van der Waals surface area contributed by atoms with Crippen LogP contribution in [0.4, 0.5) is 0 Å². The maximum atomic E-state index is 9.10. The van der Waals surface area contributed by atoms with Gasteiger partial charge in [0, 0.05) is 12.1 Å². The van der Waals surface area contributed by atoms with Gasteiger partial charge in [0.2, 0.25) is 0 Å². The molecular weight excluding hydrogens is 338 g/mol. The Labute approximate surface area is 146 Å². The first-order valence-corrected chi connectivity index (χ1v) is 7.67. The Kier molecular flexibility index (Phi) is 10.8. The van der Waals surface area contributed by atoms with Gasteiger partial charge in [-0.05, 0) is 32.9 Å². The van der Waals surface area contributed by atoms with Crippen LogP contribution in [-0.2, 0) is 14.3 Å². The van der Waals surface area contributed by atoms with Crippen molar-refractivity contribution < 1.29 is 29.3 Å². The summed E-state index contributed by atoms with van der Waals surface area (Å²) in [5.41, 5.74) is 0.136. The van der Waals surface area contributed by atoms with Gasteiger partial charge in [-0.25, -0.2) is 9.59 Å².